The van der Waals surface area contributed by atoms with E-state index in [-0.39, 0.29) is 17.6 Å². The first kappa shape index (κ1) is 30.5. The number of likely N-dealkylation sites (tertiary alicyclic amines) is 1. The molecule has 0 atom stereocenters. The van der Waals surface area contributed by atoms with Crippen molar-refractivity contribution in [3.05, 3.63) is 96.0 Å². The van der Waals surface area contributed by atoms with Crippen LogP contribution in [0.3, 0.4) is 0 Å². The van der Waals surface area contributed by atoms with Gasteiger partial charge in [-0.3, -0.25) is 14.5 Å². The number of piperidine rings is 1. The highest BCUT2D eigenvalue weighted by Crippen LogP contribution is 2.31. The van der Waals surface area contributed by atoms with Crippen molar-refractivity contribution in [2.45, 2.75) is 38.8 Å². The molecule has 12 heteroatoms. The maximum absolute atomic E-state index is 14.9. The minimum atomic E-state index is -0.411. The molecule has 0 unspecified atom stereocenters. The molecule has 4 aromatic heterocycles. The first-order valence-corrected chi connectivity index (χ1v) is 15.2. The largest absolute Gasteiger partial charge is 0.383 e. The third-order valence-electron chi connectivity index (χ3n) is 7.96. The number of rotatable bonds is 9. The summed E-state index contributed by atoms with van der Waals surface area (Å²) in [5.41, 5.74) is 10.8. The molecule has 1 saturated heterocycles. The Morgan fingerprint density at radius 1 is 1.07 bits per heavy atom. The third kappa shape index (κ3) is 6.45. The maximum Gasteiger partial charge on any atom is 0.234 e. The Hall–Kier alpha value is -5.54. The van der Waals surface area contributed by atoms with Crippen molar-refractivity contribution in [2.75, 3.05) is 31.2 Å². The van der Waals surface area contributed by atoms with Gasteiger partial charge in [-0.15, -0.1) is 0 Å². The average Bonchev–Trinajstić information content (AvgIpc) is 3.45. The Kier molecular flexibility index (Phi) is 9.03. The van der Waals surface area contributed by atoms with Crippen LogP contribution in [0, 0.1) is 11.3 Å². The summed E-state index contributed by atoms with van der Waals surface area (Å²) in [7, 11) is 1.56. The number of benzene rings is 1. The van der Waals surface area contributed by atoms with Gasteiger partial charge in [0.15, 0.2) is 11.5 Å². The van der Waals surface area contributed by atoms with E-state index in [1.807, 2.05) is 47.9 Å². The number of fused-ring (bicyclic) bond motifs is 1. The number of nitrogens with two attached hydrogens (primary N) is 1. The number of halogens is 1. The van der Waals surface area contributed by atoms with Gasteiger partial charge in [0, 0.05) is 50.8 Å². The summed E-state index contributed by atoms with van der Waals surface area (Å²) in [6, 6.07) is 19.6. The second-order valence-corrected chi connectivity index (χ2v) is 11.0. The Balaban J connectivity index is 1.25. The number of anilines is 2. The van der Waals surface area contributed by atoms with Crippen LogP contribution in [-0.4, -0.2) is 66.3 Å². The lowest BCUT2D eigenvalue weighted by molar-refractivity contribution is 0.211. The predicted octanol–water partition coefficient (Wildman–Crippen LogP) is 5.49. The molecule has 5 aromatic rings. The van der Waals surface area contributed by atoms with Crippen LogP contribution in [0.2, 0.25) is 0 Å². The SMILES string of the molecule is CC/C=C(/F)C(=NC)c1ccc2nc(-c3cccnc3N)n(-c3ccc(CN4CCC(Nc5ccnc(C#N)n5)CC4)cc3)c2n1. The van der Waals surface area contributed by atoms with Crippen molar-refractivity contribution in [1.29, 1.82) is 5.26 Å². The van der Waals surface area contributed by atoms with Crippen molar-refractivity contribution < 1.29 is 4.39 Å². The van der Waals surface area contributed by atoms with Crippen molar-refractivity contribution in [3.63, 3.8) is 0 Å². The van der Waals surface area contributed by atoms with Crippen molar-refractivity contribution in [1.82, 2.24) is 34.4 Å². The second-order valence-electron chi connectivity index (χ2n) is 11.0. The van der Waals surface area contributed by atoms with E-state index in [2.05, 4.69) is 42.3 Å². The van der Waals surface area contributed by atoms with Crippen molar-refractivity contribution >= 4 is 28.5 Å². The van der Waals surface area contributed by atoms with Crippen LogP contribution in [0.25, 0.3) is 28.2 Å². The molecule has 1 aliphatic rings. The summed E-state index contributed by atoms with van der Waals surface area (Å²) in [5.74, 6) is 1.39. The van der Waals surface area contributed by atoms with Crippen molar-refractivity contribution in [2.24, 2.45) is 4.99 Å². The fourth-order valence-electron chi connectivity index (χ4n) is 5.69. The minimum absolute atomic E-state index is 0.166. The summed E-state index contributed by atoms with van der Waals surface area (Å²) in [5, 5.41) is 12.5. The van der Waals surface area contributed by atoms with Crippen LogP contribution in [0.1, 0.15) is 43.3 Å². The lowest BCUT2D eigenvalue weighted by atomic mass is 10.0. The number of nitrogen functional groups attached to an aromatic ring is 1. The number of hydrogen-bond acceptors (Lipinski definition) is 10. The minimum Gasteiger partial charge on any atom is -0.383 e. The molecule has 0 saturated carbocycles. The van der Waals surface area contributed by atoms with Crippen LogP contribution in [0.5, 0.6) is 0 Å². The second kappa shape index (κ2) is 13.6. The zero-order valence-corrected chi connectivity index (χ0v) is 25.7. The van der Waals surface area contributed by atoms with Crippen LogP contribution in [0.4, 0.5) is 16.0 Å². The molecule has 1 aromatic carbocycles. The van der Waals surface area contributed by atoms with Gasteiger partial charge in [-0.2, -0.15) is 5.26 Å². The molecule has 3 N–H and O–H groups in total. The summed E-state index contributed by atoms with van der Waals surface area (Å²) in [4.78, 5) is 28.8. The molecule has 1 aliphatic heterocycles. The summed E-state index contributed by atoms with van der Waals surface area (Å²) >= 11 is 0. The van der Waals surface area contributed by atoms with E-state index in [1.54, 1.807) is 31.6 Å². The van der Waals surface area contributed by atoms with E-state index in [9.17, 15) is 4.39 Å². The summed E-state index contributed by atoms with van der Waals surface area (Å²) in [6.45, 7) is 4.56. The maximum atomic E-state index is 14.9. The molecular weight excluding hydrogens is 581 g/mol. The molecule has 1 fully saturated rings. The zero-order chi connectivity index (χ0) is 32.0. The molecule has 0 amide bonds. The van der Waals surface area contributed by atoms with Gasteiger partial charge in [-0.1, -0.05) is 19.1 Å². The number of hydrogen-bond donors (Lipinski definition) is 2. The van der Waals surface area contributed by atoms with E-state index < -0.39 is 5.83 Å². The average molecular weight is 616 g/mol. The van der Waals surface area contributed by atoms with E-state index in [0.717, 1.165) is 38.2 Å². The number of pyridine rings is 2. The van der Waals surface area contributed by atoms with E-state index in [0.29, 0.717) is 46.3 Å². The van der Waals surface area contributed by atoms with Gasteiger partial charge in [0.25, 0.3) is 0 Å². The molecule has 0 spiro atoms. The molecule has 232 valence electrons. The van der Waals surface area contributed by atoms with Crippen LogP contribution in [-0.2, 0) is 6.54 Å². The quantitative estimate of drug-likeness (QED) is 0.206. The van der Waals surface area contributed by atoms with Gasteiger partial charge in [0.05, 0.1) is 11.3 Å². The lowest BCUT2D eigenvalue weighted by Gasteiger charge is -2.32. The van der Waals surface area contributed by atoms with Crippen molar-refractivity contribution in [3.8, 4) is 23.1 Å². The number of nitriles is 1. The van der Waals surface area contributed by atoms with Crippen LogP contribution < -0.4 is 11.1 Å². The van der Waals surface area contributed by atoms with Gasteiger partial charge in [-0.25, -0.2) is 29.3 Å². The highest BCUT2D eigenvalue weighted by atomic mass is 19.1. The Labute approximate surface area is 266 Å². The molecule has 0 radical (unpaired) electrons. The van der Waals surface area contributed by atoms with Crippen LogP contribution in [0.15, 0.2) is 83.9 Å². The predicted molar refractivity (Wildman–Crippen MR) is 177 cm³/mol. The lowest BCUT2D eigenvalue weighted by Crippen LogP contribution is -2.38. The fourth-order valence-corrected chi connectivity index (χ4v) is 5.69. The molecule has 11 nitrogen and oxygen atoms in total. The standard InChI is InChI=1S/C34H34FN11/c1-3-5-26(35)31(38-2)27-11-12-28-34(42-27)46(33(43-28)25-6-4-16-40-32(25)37)24-9-7-22(8-10-24)21-45-18-14-23(15-19-45)41-29-13-17-39-30(20-36)44-29/h4-13,16-17,23H,3,14-15,18-19,21H2,1-2H3,(H2,37,40)(H,39,41,44)/b26-5+,38-31?. The zero-order valence-electron chi connectivity index (χ0n) is 25.7. The number of aliphatic imine (C=N–C) groups is 1. The fraction of sp³-hybridized carbons (Fsp3) is 0.265. The Bertz CT molecular complexity index is 1950. The normalized spacial score (nSPS) is 14.8. The molecule has 46 heavy (non-hydrogen) atoms. The van der Waals surface area contributed by atoms with Gasteiger partial charge in [-0.05, 0) is 73.4 Å². The topological polar surface area (TPSA) is 147 Å². The Morgan fingerprint density at radius 3 is 2.59 bits per heavy atom. The molecule has 5 heterocycles. The number of aromatic nitrogens is 6. The van der Waals surface area contributed by atoms with E-state index in [4.69, 9.17) is 21.0 Å². The highest BCUT2D eigenvalue weighted by Gasteiger charge is 2.22. The molecule has 6 rings (SSSR count). The monoisotopic (exact) mass is 615 g/mol. The van der Waals surface area contributed by atoms with Gasteiger partial charge >= 0.3 is 0 Å². The molecular formula is C34H34FN11. The first-order chi connectivity index (χ1) is 22.5. The summed E-state index contributed by atoms with van der Waals surface area (Å²) in [6.07, 6.45) is 7.21. The number of allylic oxidation sites excluding steroid dienone is 2. The first-order valence-electron chi connectivity index (χ1n) is 15.2. The van der Waals surface area contributed by atoms with Gasteiger partial charge in [0.1, 0.15) is 34.8 Å². The number of nitrogens with zero attached hydrogens (tertiary/aromatic N) is 9. The Morgan fingerprint density at radius 2 is 1.87 bits per heavy atom. The molecule has 0 bridgehead atoms. The van der Waals surface area contributed by atoms with Gasteiger partial charge < -0.3 is 11.1 Å². The van der Waals surface area contributed by atoms with Crippen LogP contribution >= 0.6 is 0 Å². The third-order valence-corrected chi connectivity index (χ3v) is 7.96. The highest BCUT2D eigenvalue weighted by molar-refractivity contribution is 6.10. The number of nitrogens with one attached hydrogen (secondary N) is 1. The summed E-state index contributed by atoms with van der Waals surface area (Å²) < 4.78 is 16.8. The van der Waals surface area contributed by atoms with E-state index >= 15 is 0 Å². The van der Waals surface area contributed by atoms with Gasteiger partial charge in [0.2, 0.25) is 5.82 Å². The smallest absolute Gasteiger partial charge is 0.234 e. The molecule has 0 aliphatic carbocycles. The number of imidazole rings is 1. The van der Waals surface area contributed by atoms with E-state index in [1.165, 1.54) is 11.6 Å².